The molecular formula is C20H33N5O4. The molecule has 3 amide bonds. The lowest BCUT2D eigenvalue weighted by molar-refractivity contribution is -0.139. The van der Waals surface area contributed by atoms with Crippen LogP contribution < -0.4 is 11.1 Å². The predicted octanol–water partition coefficient (Wildman–Crippen LogP) is 1.62. The first-order valence-corrected chi connectivity index (χ1v) is 9.91. The largest absolute Gasteiger partial charge is 0.444 e. The van der Waals surface area contributed by atoms with Crippen molar-refractivity contribution in [1.82, 2.24) is 20.2 Å². The number of imidazole rings is 1. The van der Waals surface area contributed by atoms with Gasteiger partial charge in [-0.25, -0.2) is 9.78 Å². The monoisotopic (exact) mass is 407 g/mol. The minimum Gasteiger partial charge on any atom is -0.444 e. The summed E-state index contributed by atoms with van der Waals surface area (Å²) < 4.78 is 5.31. The number of aromatic amines is 1. The van der Waals surface area contributed by atoms with E-state index >= 15 is 0 Å². The van der Waals surface area contributed by atoms with E-state index in [-0.39, 0.29) is 17.7 Å². The first kappa shape index (κ1) is 22.7. The topological polar surface area (TPSA) is 130 Å². The Morgan fingerprint density at radius 1 is 1.31 bits per heavy atom. The van der Waals surface area contributed by atoms with Crippen LogP contribution in [0.25, 0.3) is 0 Å². The summed E-state index contributed by atoms with van der Waals surface area (Å²) in [6.07, 6.45) is 2.38. The summed E-state index contributed by atoms with van der Waals surface area (Å²) >= 11 is 0. The van der Waals surface area contributed by atoms with Crippen LogP contribution in [-0.2, 0) is 26.2 Å². The molecule has 1 fully saturated rings. The smallest absolute Gasteiger partial charge is 0.408 e. The van der Waals surface area contributed by atoms with Gasteiger partial charge in [0.25, 0.3) is 0 Å². The molecular weight excluding hydrogens is 374 g/mol. The SMILES string of the molecule is CC(C)(C)OC(=O)N[C@@H](Cc1cnc(C(C)(C)C)[nH]1)C(=O)N1CCC[C@H]1C(N)=O. The van der Waals surface area contributed by atoms with E-state index in [1.165, 1.54) is 4.90 Å². The van der Waals surface area contributed by atoms with Crippen molar-refractivity contribution in [3.8, 4) is 0 Å². The number of hydrogen-bond acceptors (Lipinski definition) is 5. The normalized spacial score (nSPS) is 18.4. The minimum atomic E-state index is -0.905. The summed E-state index contributed by atoms with van der Waals surface area (Å²) in [5, 5.41) is 2.65. The third-order valence-electron chi connectivity index (χ3n) is 4.62. The molecule has 4 N–H and O–H groups in total. The lowest BCUT2D eigenvalue weighted by atomic mass is 9.96. The van der Waals surface area contributed by atoms with Gasteiger partial charge < -0.3 is 25.7 Å². The Morgan fingerprint density at radius 2 is 1.97 bits per heavy atom. The fourth-order valence-corrected chi connectivity index (χ4v) is 3.24. The fraction of sp³-hybridized carbons (Fsp3) is 0.700. The van der Waals surface area contributed by atoms with Gasteiger partial charge in [-0.3, -0.25) is 9.59 Å². The van der Waals surface area contributed by atoms with Gasteiger partial charge in [0.15, 0.2) is 0 Å². The van der Waals surface area contributed by atoms with Crippen molar-refractivity contribution in [2.45, 2.75) is 83.9 Å². The molecule has 1 saturated heterocycles. The van der Waals surface area contributed by atoms with Crippen LogP contribution in [0.15, 0.2) is 6.20 Å². The van der Waals surface area contributed by atoms with Gasteiger partial charge in [-0.05, 0) is 33.6 Å². The third-order valence-corrected chi connectivity index (χ3v) is 4.62. The first-order valence-electron chi connectivity index (χ1n) is 9.91. The lowest BCUT2D eigenvalue weighted by Crippen LogP contribution is -2.54. The molecule has 162 valence electrons. The van der Waals surface area contributed by atoms with Crippen LogP contribution in [0.3, 0.4) is 0 Å². The molecule has 0 unspecified atom stereocenters. The predicted molar refractivity (Wildman–Crippen MR) is 108 cm³/mol. The van der Waals surface area contributed by atoms with Crippen molar-refractivity contribution in [2.75, 3.05) is 6.54 Å². The van der Waals surface area contributed by atoms with Gasteiger partial charge in [-0.1, -0.05) is 20.8 Å². The van der Waals surface area contributed by atoms with Gasteiger partial charge in [0.05, 0.1) is 0 Å². The molecule has 1 aliphatic rings. The van der Waals surface area contributed by atoms with E-state index < -0.39 is 29.7 Å². The molecule has 0 aliphatic carbocycles. The van der Waals surface area contributed by atoms with Crippen molar-refractivity contribution in [2.24, 2.45) is 5.73 Å². The molecule has 2 heterocycles. The van der Waals surface area contributed by atoms with Gasteiger partial charge >= 0.3 is 6.09 Å². The summed E-state index contributed by atoms with van der Waals surface area (Å²) in [6, 6.07) is -1.56. The summed E-state index contributed by atoms with van der Waals surface area (Å²) in [6.45, 7) is 11.7. The Bertz CT molecular complexity index is 760. The standard InChI is InChI=1S/C20H33N5O4/c1-19(2,3)17-22-11-12(23-17)10-13(24-18(28)29-20(4,5)6)16(27)25-9-7-8-14(25)15(21)26/h11,13-14H,7-10H2,1-6H3,(H2,21,26)(H,22,23)(H,24,28)/t13-,14-/m0/s1. The van der Waals surface area contributed by atoms with Crippen molar-refractivity contribution in [3.63, 3.8) is 0 Å². The molecule has 2 atom stereocenters. The van der Waals surface area contributed by atoms with E-state index in [9.17, 15) is 14.4 Å². The van der Waals surface area contributed by atoms with Crippen molar-refractivity contribution in [3.05, 3.63) is 17.7 Å². The number of rotatable bonds is 5. The Balaban J connectivity index is 2.23. The second kappa shape index (κ2) is 8.42. The summed E-state index contributed by atoms with van der Waals surface area (Å²) in [5.74, 6) is -0.111. The number of hydrogen-bond donors (Lipinski definition) is 3. The fourth-order valence-electron chi connectivity index (χ4n) is 3.24. The number of amides is 3. The quantitative estimate of drug-likeness (QED) is 0.683. The molecule has 9 nitrogen and oxygen atoms in total. The van der Waals surface area contributed by atoms with E-state index in [0.717, 1.165) is 5.82 Å². The Morgan fingerprint density at radius 3 is 2.48 bits per heavy atom. The maximum Gasteiger partial charge on any atom is 0.408 e. The Hall–Kier alpha value is -2.58. The molecule has 0 spiro atoms. The number of H-pyrrole nitrogens is 1. The number of carbonyl (C=O) groups is 3. The number of nitrogens with zero attached hydrogens (tertiary/aromatic N) is 2. The maximum absolute atomic E-state index is 13.2. The van der Waals surface area contributed by atoms with Crippen LogP contribution in [0.1, 0.15) is 65.9 Å². The molecule has 0 radical (unpaired) electrons. The van der Waals surface area contributed by atoms with Crippen LogP contribution in [-0.4, -0.2) is 57.0 Å². The van der Waals surface area contributed by atoms with Crippen LogP contribution in [0, 0.1) is 0 Å². The molecule has 1 aliphatic heterocycles. The maximum atomic E-state index is 13.2. The Kier molecular flexibility index (Phi) is 6.60. The number of nitrogens with one attached hydrogen (secondary N) is 2. The van der Waals surface area contributed by atoms with Crippen molar-refractivity contribution >= 4 is 17.9 Å². The number of primary amides is 1. The lowest BCUT2D eigenvalue weighted by Gasteiger charge is -2.28. The highest BCUT2D eigenvalue weighted by atomic mass is 16.6. The van der Waals surface area contributed by atoms with E-state index in [4.69, 9.17) is 10.5 Å². The van der Waals surface area contributed by atoms with Crippen LogP contribution >= 0.6 is 0 Å². The average molecular weight is 408 g/mol. The number of nitrogens with two attached hydrogens (primary N) is 1. The minimum absolute atomic E-state index is 0.178. The van der Waals surface area contributed by atoms with E-state index in [0.29, 0.717) is 25.1 Å². The number of alkyl carbamates (subject to hydrolysis) is 1. The van der Waals surface area contributed by atoms with Crippen molar-refractivity contribution < 1.29 is 19.1 Å². The molecule has 1 aromatic rings. The highest BCUT2D eigenvalue weighted by Crippen LogP contribution is 2.21. The number of likely N-dealkylation sites (tertiary alicyclic amines) is 1. The number of aromatic nitrogens is 2. The average Bonchev–Trinajstić information content (AvgIpc) is 3.20. The van der Waals surface area contributed by atoms with E-state index in [1.54, 1.807) is 27.0 Å². The summed E-state index contributed by atoms with van der Waals surface area (Å²) in [4.78, 5) is 46.3. The third kappa shape index (κ3) is 6.20. The molecule has 1 aromatic heterocycles. The van der Waals surface area contributed by atoms with Crippen LogP contribution in [0.4, 0.5) is 4.79 Å². The van der Waals surface area contributed by atoms with Gasteiger partial charge in [-0.2, -0.15) is 0 Å². The number of carbonyl (C=O) groups excluding carboxylic acids is 3. The van der Waals surface area contributed by atoms with Crippen LogP contribution in [0.5, 0.6) is 0 Å². The molecule has 9 heteroatoms. The summed E-state index contributed by atoms with van der Waals surface area (Å²) in [5.41, 5.74) is 5.28. The zero-order valence-corrected chi connectivity index (χ0v) is 18.2. The highest BCUT2D eigenvalue weighted by molar-refractivity contribution is 5.91. The second-order valence-electron chi connectivity index (χ2n) is 9.50. The van der Waals surface area contributed by atoms with Gasteiger partial charge in [0.2, 0.25) is 11.8 Å². The molecule has 0 saturated carbocycles. The molecule has 2 rings (SSSR count). The number of ether oxygens (including phenoxy) is 1. The van der Waals surface area contributed by atoms with Gasteiger partial charge in [-0.15, -0.1) is 0 Å². The van der Waals surface area contributed by atoms with Crippen molar-refractivity contribution in [1.29, 1.82) is 0 Å². The summed E-state index contributed by atoms with van der Waals surface area (Å²) in [7, 11) is 0. The molecule has 0 aromatic carbocycles. The van der Waals surface area contributed by atoms with E-state index in [2.05, 4.69) is 15.3 Å². The first-order chi connectivity index (χ1) is 13.3. The van der Waals surface area contributed by atoms with Gasteiger partial charge in [0, 0.05) is 30.3 Å². The zero-order chi connectivity index (χ0) is 22.0. The van der Waals surface area contributed by atoms with E-state index in [1.807, 2.05) is 20.8 Å². The highest BCUT2D eigenvalue weighted by Gasteiger charge is 2.37. The van der Waals surface area contributed by atoms with Crippen LogP contribution in [0.2, 0.25) is 0 Å². The molecule has 0 bridgehead atoms. The molecule has 29 heavy (non-hydrogen) atoms. The van der Waals surface area contributed by atoms with Gasteiger partial charge in [0.1, 0.15) is 23.5 Å². The zero-order valence-electron chi connectivity index (χ0n) is 18.2. The Labute approximate surface area is 171 Å². The second-order valence-corrected chi connectivity index (χ2v) is 9.50.